The zero-order valence-corrected chi connectivity index (χ0v) is 16.2. The molecule has 6 heteroatoms. The zero-order chi connectivity index (χ0) is 19.3. The van der Waals surface area contributed by atoms with Crippen LogP contribution < -0.4 is 15.4 Å². The summed E-state index contributed by atoms with van der Waals surface area (Å²) in [7, 11) is 1.67. The van der Waals surface area contributed by atoms with Gasteiger partial charge in [-0.15, -0.1) is 0 Å². The third-order valence-electron chi connectivity index (χ3n) is 3.75. The second kappa shape index (κ2) is 8.03. The van der Waals surface area contributed by atoms with Crippen LogP contribution in [0.2, 0.25) is 0 Å². The lowest BCUT2D eigenvalue weighted by Crippen LogP contribution is -2.27. The summed E-state index contributed by atoms with van der Waals surface area (Å²) in [5.74, 6) is 2.14. The van der Waals surface area contributed by atoms with Crippen LogP contribution in [0.25, 0.3) is 11.4 Å². The van der Waals surface area contributed by atoms with Gasteiger partial charge < -0.3 is 15.4 Å². The van der Waals surface area contributed by atoms with Gasteiger partial charge in [0.15, 0.2) is 0 Å². The molecule has 2 N–H and O–H groups in total. The van der Waals surface area contributed by atoms with Crippen LogP contribution in [0.4, 0.5) is 11.8 Å². The number of benzene rings is 1. The first-order valence-corrected chi connectivity index (χ1v) is 8.88. The summed E-state index contributed by atoms with van der Waals surface area (Å²) < 4.78 is 5.29. The number of nitrogens with zero attached hydrogens (tertiary/aromatic N) is 3. The first kappa shape index (κ1) is 18.6. The molecule has 0 spiro atoms. The van der Waals surface area contributed by atoms with Crippen LogP contribution in [0.5, 0.6) is 5.75 Å². The maximum absolute atomic E-state index is 5.29. The SMILES string of the molecule is COc1cccc(CNc2cc(-c3ccccn3)nc(NC(C)(C)C)n2)c1. The molecular formula is C21H25N5O. The van der Waals surface area contributed by atoms with Crippen molar-refractivity contribution in [1.29, 1.82) is 0 Å². The Bertz CT molecular complexity index is 891. The summed E-state index contributed by atoms with van der Waals surface area (Å²) >= 11 is 0. The van der Waals surface area contributed by atoms with Crippen LogP contribution in [0, 0.1) is 0 Å². The molecule has 0 saturated heterocycles. The van der Waals surface area contributed by atoms with E-state index in [0.717, 1.165) is 28.5 Å². The largest absolute Gasteiger partial charge is 0.497 e. The molecule has 0 fully saturated rings. The molecule has 0 radical (unpaired) electrons. The number of rotatable bonds is 6. The molecule has 2 heterocycles. The second-order valence-corrected chi connectivity index (χ2v) is 7.26. The van der Waals surface area contributed by atoms with Crippen LogP contribution in [0.3, 0.4) is 0 Å². The van der Waals surface area contributed by atoms with Gasteiger partial charge in [-0.2, -0.15) is 4.98 Å². The quantitative estimate of drug-likeness (QED) is 0.678. The van der Waals surface area contributed by atoms with Crippen molar-refractivity contribution in [3.05, 3.63) is 60.3 Å². The monoisotopic (exact) mass is 363 g/mol. The standard InChI is InChI=1S/C21H25N5O/c1-21(2,3)26-20-24-18(17-10-5-6-11-22-17)13-19(25-20)23-14-15-8-7-9-16(12-15)27-4/h5-13H,14H2,1-4H3,(H2,23,24,25,26). The third-order valence-corrected chi connectivity index (χ3v) is 3.75. The Morgan fingerprint density at radius 2 is 1.81 bits per heavy atom. The normalized spacial score (nSPS) is 11.1. The number of pyridine rings is 1. The molecule has 140 valence electrons. The number of methoxy groups -OCH3 is 1. The van der Waals surface area contributed by atoms with Gasteiger partial charge in [-0.3, -0.25) is 4.98 Å². The zero-order valence-electron chi connectivity index (χ0n) is 16.2. The van der Waals surface area contributed by atoms with Crippen LogP contribution in [0.1, 0.15) is 26.3 Å². The van der Waals surface area contributed by atoms with E-state index in [1.807, 2.05) is 48.5 Å². The molecule has 0 amide bonds. The maximum Gasteiger partial charge on any atom is 0.225 e. The van der Waals surface area contributed by atoms with Gasteiger partial charge in [0.1, 0.15) is 11.6 Å². The predicted molar refractivity (Wildman–Crippen MR) is 109 cm³/mol. The van der Waals surface area contributed by atoms with Crippen molar-refractivity contribution < 1.29 is 4.74 Å². The van der Waals surface area contributed by atoms with Gasteiger partial charge in [-0.25, -0.2) is 4.98 Å². The number of hydrogen-bond acceptors (Lipinski definition) is 6. The number of nitrogens with one attached hydrogen (secondary N) is 2. The van der Waals surface area contributed by atoms with E-state index in [-0.39, 0.29) is 5.54 Å². The molecule has 0 atom stereocenters. The minimum atomic E-state index is -0.146. The Hall–Kier alpha value is -3.15. The highest BCUT2D eigenvalue weighted by atomic mass is 16.5. The summed E-state index contributed by atoms with van der Waals surface area (Å²) in [6.07, 6.45) is 1.76. The van der Waals surface area contributed by atoms with E-state index in [2.05, 4.69) is 46.4 Å². The Labute approximate surface area is 160 Å². The van der Waals surface area contributed by atoms with E-state index < -0.39 is 0 Å². The fourth-order valence-electron chi connectivity index (χ4n) is 2.55. The predicted octanol–water partition coefficient (Wildman–Crippen LogP) is 4.37. The molecule has 3 aromatic rings. The summed E-state index contributed by atoms with van der Waals surface area (Å²) in [6, 6.07) is 15.6. The lowest BCUT2D eigenvalue weighted by Gasteiger charge is -2.21. The van der Waals surface area contributed by atoms with Crippen LogP contribution in [-0.2, 0) is 6.54 Å². The van der Waals surface area contributed by atoms with E-state index in [4.69, 9.17) is 4.74 Å². The average molecular weight is 363 g/mol. The topological polar surface area (TPSA) is 72.0 Å². The smallest absolute Gasteiger partial charge is 0.225 e. The van der Waals surface area contributed by atoms with Crippen LogP contribution >= 0.6 is 0 Å². The highest BCUT2D eigenvalue weighted by molar-refractivity contribution is 5.61. The molecule has 6 nitrogen and oxygen atoms in total. The number of ether oxygens (including phenoxy) is 1. The molecule has 0 aliphatic rings. The molecule has 2 aromatic heterocycles. The van der Waals surface area contributed by atoms with E-state index in [0.29, 0.717) is 12.5 Å². The van der Waals surface area contributed by atoms with Gasteiger partial charge in [-0.1, -0.05) is 18.2 Å². The third kappa shape index (κ3) is 5.41. The average Bonchev–Trinajstić information content (AvgIpc) is 2.66. The van der Waals surface area contributed by atoms with Crippen molar-refractivity contribution in [2.75, 3.05) is 17.7 Å². The van der Waals surface area contributed by atoms with Gasteiger partial charge >= 0.3 is 0 Å². The van der Waals surface area contributed by atoms with Gasteiger partial charge in [0.05, 0.1) is 18.5 Å². The van der Waals surface area contributed by atoms with E-state index in [1.165, 1.54) is 0 Å². The fourth-order valence-corrected chi connectivity index (χ4v) is 2.55. The Kier molecular flexibility index (Phi) is 5.54. The molecule has 0 aliphatic heterocycles. The van der Waals surface area contributed by atoms with E-state index >= 15 is 0 Å². The Morgan fingerprint density at radius 3 is 2.52 bits per heavy atom. The highest BCUT2D eigenvalue weighted by Gasteiger charge is 2.14. The van der Waals surface area contributed by atoms with E-state index in [9.17, 15) is 0 Å². The Balaban J connectivity index is 1.87. The molecular weight excluding hydrogens is 338 g/mol. The van der Waals surface area contributed by atoms with Crippen molar-refractivity contribution in [1.82, 2.24) is 15.0 Å². The number of anilines is 2. The summed E-state index contributed by atoms with van der Waals surface area (Å²) in [5, 5.41) is 6.71. The van der Waals surface area contributed by atoms with Gasteiger partial charge in [0.2, 0.25) is 5.95 Å². The van der Waals surface area contributed by atoms with Crippen molar-refractivity contribution in [2.24, 2.45) is 0 Å². The first-order chi connectivity index (χ1) is 12.9. The molecule has 1 aromatic carbocycles. The minimum absolute atomic E-state index is 0.146. The molecule has 27 heavy (non-hydrogen) atoms. The number of hydrogen-bond donors (Lipinski definition) is 2. The maximum atomic E-state index is 5.29. The molecule has 0 saturated carbocycles. The minimum Gasteiger partial charge on any atom is -0.497 e. The van der Waals surface area contributed by atoms with Gasteiger partial charge in [0.25, 0.3) is 0 Å². The fraction of sp³-hybridized carbons (Fsp3) is 0.286. The Morgan fingerprint density at radius 1 is 0.963 bits per heavy atom. The van der Waals surface area contributed by atoms with Gasteiger partial charge in [-0.05, 0) is 50.6 Å². The molecule has 0 bridgehead atoms. The van der Waals surface area contributed by atoms with Crippen molar-refractivity contribution in [2.45, 2.75) is 32.9 Å². The highest BCUT2D eigenvalue weighted by Crippen LogP contribution is 2.22. The molecule has 3 rings (SSSR count). The van der Waals surface area contributed by atoms with Gasteiger partial charge in [0, 0.05) is 24.3 Å². The first-order valence-electron chi connectivity index (χ1n) is 8.88. The lowest BCUT2D eigenvalue weighted by molar-refractivity contribution is 0.414. The van der Waals surface area contributed by atoms with E-state index in [1.54, 1.807) is 13.3 Å². The summed E-state index contributed by atoms with van der Waals surface area (Å²) in [5.41, 5.74) is 2.54. The van der Waals surface area contributed by atoms with Crippen LogP contribution in [-0.4, -0.2) is 27.6 Å². The second-order valence-electron chi connectivity index (χ2n) is 7.26. The summed E-state index contributed by atoms with van der Waals surface area (Å²) in [6.45, 7) is 6.86. The summed E-state index contributed by atoms with van der Waals surface area (Å²) in [4.78, 5) is 13.6. The lowest BCUT2D eigenvalue weighted by atomic mass is 10.1. The number of aromatic nitrogens is 3. The van der Waals surface area contributed by atoms with Crippen molar-refractivity contribution >= 4 is 11.8 Å². The van der Waals surface area contributed by atoms with Crippen molar-refractivity contribution in [3.8, 4) is 17.1 Å². The molecule has 0 unspecified atom stereocenters. The molecule has 0 aliphatic carbocycles. The van der Waals surface area contributed by atoms with Crippen LogP contribution in [0.15, 0.2) is 54.7 Å². The van der Waals surface area contributed by atoms with Crippen molar-refractivity contribution in [3.63, 3.8) is 0 Å².